The van der Waals surface area contributed by atoms with E-state index in [2.05, 4.69) is 10.2 Å². The smallest absolute Gasteiger partial charge is 0.238 e. The lowest BCUT2D eigenvalue weighted by molar-refractivity contribution is -0.118. The van der Waals surface area contributed by atoms with Gasteiger partial charge in [-0.15, -0.1) is 0 Å². The van der Waals surface area contributed by atoms with Gasteiger partial charge in [-0.1, -0.05) is 43.0 Å². The molecule has 2 N–H and O–H groups in total. The number of aliphatic hydroxyl groups excluding tert-OH is 1. The Hall–Kier alpha value is -1.10. The minimum Gasteiger partial charge on any atom is -0.395 e. The first-order valence-corrected chi connectivity index (χ1v) is 7.98. The third-order valence-electron chi connectivity index (χ3n) is 3.97. The van der Waals surface area contributed by atoms with Gasteiger partial charge < -0.3 is 10.4 Å². The van der Waals surface area contributed by atoms with Crippen molar-refractivity contribution in [2.24, 2.45) is 0 Å². The summed E-state index contributed by atoms with van der Waals surface area (Å²) in [5, 5.41) is 12.6. The van der Waals surface area contributed by atoms with Crippen molar-refractivity contribution >= 4 is 23.2 Å². The number of carbonyl (C=O) groups is 1. The number of amides is 1. The summed E-state index contributed by atoms with van der Waals surface area (Å²) in [5.74, 6) is -0.0814. The zero-order chi connectivity index (χ0) is 15.1. The summed E-state index contributed by atoms with van der Waals surface area (Å²) < 4.78 is 0. The predicted octanol–water partition coefficient (Wildman–Crippen LogP) is 2.91. The van der Waals surface area contributed by atoms with Gasteiger partial charge >= 0.3 is 0 Å². The van der Waals surface area contributed by atoms with Crippen LogP contribution in [0.3, 0.4) is 0 Å². The average molecular weight is 311 g/mol. The highest BCUT2D eigenvalue weighted by Gasteiger charge is 2.22. The number of rotatable bonds is 6. The van der Waals surface area contributed by atoms with E-state index in [0.29, 0.717) is 29.8 Å². The number of hydrogen-bond donors (Lipinski definition) is 2. The van der Waals surface area contributed by atoms with E-state index < -0.39 is 0 Å². The number of nitrogens with zero attached hydrogens (tertiary/aromatic N) is 1. The van der Waals surface area contributed by atoms with Crippen molar-refractivity contribution in [2.45, 2.75) is 38.1 Å². The molecule has 0 spiro atoms. The summed E-state index contributed by atoms with van der Waals surface area (Å²) in [5.41, 5.74) is 0.636. The van der Waals surface area contributed by atoms with E-state index in [1.807, 2.05) is 12.1 Å². The second-order valence-electron chi connectivity index (χ2n) is 5.51. The van der Waals surface area contributed by atoms with Crippen LogP contribution in [0.15, 0.2) is 24.3 Å². The Labute approximate surface area is 131 Å². The fraction of sp³-hybridized carbons (Fsp3) is 0.562. The quantitative estimate of drug-likeness (QED) is 0.849. The maximum atomic E-state index is 12.2. The number of halogens is 1. The minimum atomic E-state index is -0.0814. The maximum absolute atomic E-state index is 12.2. The third-order valence-corrected chi connectivity index (χ3v) is 4.30. The SMILES string of the molecule is O=C(CN(CCO)C1CCCCC1)Nc1ccccc1Cl. The molecule has 0 radical (unpaired) electrons. The monoisotopic (exact) mass is 310 g/mol. The molecule has 0 aromatic heterocycles. The highest BCUT2D eigenvalue weighted by atomic mass is 35.5. The second-order valence-corrected chi connectivity index (χ2v) is 5.92. The van der Waals surface area contributed by atoms with Crippen LogP contribution in [-0.4, -0.2) is 41.7 Å². The van der Waals surface area contributed by atoms with Crippen molar-refractivity contribution in [3.05, 3.63) is 29.3 Å². The molecule has 2 rings (SSSR count). The summed E-state index contributed by atoms with van der Waals surface area (Å²) in [6.45, 7) is 0.924. The first-order chi connectivity index (χ1) is 10.2. The van der Waals surface area contributed by atoms with Crippen molar-refractivity contribution in [1.29, 1.82) is 0 Å². The summed E-state index contributed by atoms with van der Waals surface area (Å²) in [6, 6.07) is 7.62. The lowest BCUT2D eigenvalue weighted by Crippen LogP contribution is -2.43. The van der Waals surface area contributed by atoms with Crippen molar-refractivity contribution < 1.29 is 9.90 Å². The van der Waals surface area contributed by atoms with Crippen molar-refractivity contribution in [2.75, 3.05) is 25.0 Å². The molecule has 116 valence electrons. The first-order valence-electron chi connectivity index (χ1n) is 7.60. The van der Waals surface area contributed by atoms with Crippen LogP contribution in [0.2, 0.25) is 5.02 Å². The van der Waals surface area contributed by atoms with Gasteiger partial charge in [0.25, 0.3) is 0 Å². The molecule has 5 heteroatoms. The van der Waals surface area contributed by atoms with Crippen molar-refractivity contribution in [3.63, 3.8) is 0 Å². The van der Waals surface area contributed by atoms with Crippen molar-refractivity contribution in [1.82, 2.24) is 4.90 Å². The Bertz CT molecular complexity index is 461. The van der Waals surface area contributed by atoms with Crippen LogP contribution in [-0.2, 0) is 4.79 Å². The van der Waals surface area contributed by atoms with E-state index in [-0.39, 0.29) is 12.5 Å². The lowest BCUT2D eigenvalue weighted by Gasteiger charge is -2.33. The van der Waals surface area contributed by atoms with Gasteiger partial charge in [0.05, 0.1) is 23.9 Å². The molecule has 1 aliphatic carbocycles. The van der Waals surface area contributed by atoms with Crippen LogP contribution in [0.4, 0.5) is 5.69 Å². The highest BCUT2D eigenvalue weighted by Crippen LogP contribution is 2.23. The van der Waals surface area contributed by atoms with Crippen LogP contribution < -0.4 is 5.32 Å². The van der Waals surface area contributed by atoms with Gasteiger partial charge in [0.15, 0.2) is 0 Å². The Morgan fingerprint density at radius 2 is 2.00 bits per heavy atom. The van der Waals surface area contributed by atoms with Crippen molar-refractivity contribution in [3.8, 4) is 0 Å². The normalized spacial score (nSPS) is 16.1. The maximum Gasteiger partial charge on any atom is 0.238 e. The fourth-order valence-electron chi connectivity index (χ4n) is 2.90. The molecule has 1 saturated carbocycles. The molecule has 4 nitrogen and oxygen atoms in total. The Morgan fingerprint density at radius 1 is 1.29 bits per heavy atom. The molecule has 0 unspecified atom stereocenters. The van der Waals surface area contributed by atoms with Gasteiger partial charge in [-0.3, -0.25) is 9.69 Å². The predicted molar refractivity (Wildman–Crippen MR) is 85.6 cm³/mol. The third kappa shape index (κ3) is 4.99. The molecule has 1 aliphatic rings. The van der Waals surface area contributed by atoms with E-state index in [1.54, 1.807) is 12.1 Å². The van der Waals surface area contributed by atoms with Crippen LogP contribution in [0.25, 0.3) is 0 Å². The molecule has 1 aromatic carbocycles. The lowest BCUT2D eigenvalue weighted by atomic mass is 9.94. The number of hydrogen-bond acceptors (Lipinski definition) is 3. The number of carbonyl (C=O) groups excluding carboxylic acids is 1. The largest absolute Gasteiger partial charge is 0.395 e. The summed E-state index contributed by atoms with van der Waals surface area (Å²) in [4.78, 5) is 14.3. The number of anilines is 1. The molecule has 21 heavy (non-hydrogen) atoms. The van der Waals surface area contributed by atoms with Gasteiger partial charge in [-0.05, 0) is 25.0 Å². The van der Waals surface area contributed by atoms with E-state index in [1.165, 1.54) is 19.3 Å². The average Bonchev–Trinajstić information content (AvgIpc) is 2.50. The molecule has 1 aromatic rings. The molecule has 0 bridgehead atoms. The van der Waals surface area contributed by atoms with Gasteiger partial charge in [0.2, 0.25) is 5.91 Å². The zero-order valence-corrected chi connectivity index (χ0v) is 13.0. The Balaban J connectivity index is 1.93. The van der Waals surface area contributed by atoms with Gasteiger partial charge in [0, 0.05) is 12.6 Å². The van der Waals surface area contributed by atoms with E-state index in [9.17, 15) is 9.90 Å². The Kier molecular flexibility index (Phi) is 6.49. The number of benzene rings is 1. The summed E-state index contributed by atoms with van der Waals surface area (Å²) in [7, 11) is 0. The number of nitrogens with one attached hydrogen (secondary N) is 1. The van der Waals surface area contributed by atoms with Crippen LogP contribution in [0.5, 0.6) is 0 Å². The summed E-state index contributed by atoms with van der Waals surface area (Å²) >= 11 is 6.05. The van der Waals surface area contributed by atoms with Crippen LogP contribution >= 0.6 is 11.6 Å². The molecular formula is C16H23ClN2O2. The fourth-order valence-corrected chi connectivity index (χ4v) is 3.09. The first kappa shape index (κ1) is 16.3. The number of aliphatic hydroxyl groups is 1. The molecule has 0 saturated heterocycles. The van der Waals surface area contributed by atoms with E-state index in [0.717, 1.165) is 12.8 Å². The Morgan fingerprint density at radius 3 is 2.67 bits per heavy atom. The molecular weight excluding hydrogens is 288 g/mol. The van der Waals surface area contributed by atoms with E-state index >= 15 is 0 Å². The second kappa shape index (κ2) is 8.37. The van der Waals surface area contributed by atoms with Crippen LogP contribution in [0.1, 0.15) is 32.1 Å². The minimum absolute atomic E-state index is 0.0792. The number of para-hydroxylation sites is 1. The molecule has 0 aliphatic heterocycles. The van der Waals surface area contributed by atoms with Gasteiger partial charge in [0.1, 0.15) is 0 Å². The van der Waals surface area contributed by atoms with Gasteiger partial charge in [-0.25, -0.2) is 0 Å². The van der Waals surface area contributed by atoms with Gasteiger partial charge in [-0.2, -0.15) is 0 Å². The zero-order valence-electron chi connectivity index (χ0n) is 12.2. The van der Waals surface area contributed by atoms with E-state index in [4.69, 9.17) is 11.6 Å². The molecule has 1 amide bonds. The van der Waals surface area contributed by atoms with Crippen LogP contribution in [0, 0.1) is 0 Å². The topological polar surface area (TPSA) is 52.6 Å². The molecule has 1 fully saturated rings. The highest BCUT2D eigenvalue weighted by molar-refractivity contribution is 6.33. The standard InChI is InChI=1S/C16H23ClN2O2/c17-14-8-4-5-9-15(14)18-16(21)12-19(10-11-20)13-6-2-1-3-7-13/h4-5,8-9,13,20H,1-3,6-7,10-12H2,(H,18,21). The molecule has 0 heterocycles. The summed E-state index contributed by atoms with van der Waals surface area (Å²) in [6.07, 6.45) is 5.91. The molecule has 0 atom stereocenters.